The van der Waals surface area contributed by atoms with Gasteiger partial charge in [0, 0.05) is 50.4 Å². The molecule has 4 radical (unpaired) electrons. The van der Waals surface area contributed by atoms with Crippen LogP contribution in [0.1, 0.15) is 27.4 Å². The van der Waals surface area contributed by atoms with Gasteiger partial charge < -0.3 is 9.64 Å². The topological polar surface area (TPSA) is 77.3 Å². The van der Waals surface area contributed by atoms with Gasteiger partial charge in [-0.25, -0.2) is 8.78 Å². The average molecular weight is 495 g/mol. The van der Waals surface area contributed by atoms with E-state index in [1.807, 2.05) is 0 Å². The maximum Gasteiger partial charge on any atom is 0.277 e. The quantitative estimate of drug-likeness (QED) is 0.286. The molecule has 0 N–H and O–H groups in total. The highest BCUT2D eigenvalue weighted by Gasteiger charge is 2.29. The fourth-order valence-corrected chi connectivity index (χ4v) is 3.36. The Morgan fingerprint density at radius 3 is 2.49 bits per heavy atom. The van der Waals surface area contributed by atoms with Crippen molar-refractivity contribution in [2.45, 2.75) is 19.2 Å². The minimum atomic E-state index is -2.36. The van der Waals surface area contributed by atoms with E-state index >= 15 is 0 Å². The summed E-state index contributed by atoms with van der Waals surface area (Å²) in [6.45, 7) is 3.30. The molecule has 3 aromatic heterocycles. The van der Waals surface area contributed by atoms with E-state index in [4.69, 9.17) is 32.0 Å². The Kier molecular flexibility index (Phi) is 7.50. The summed E-state index contributed by atoms with van der Waals surface area (Å²) in [4.78, 5) is 35.1. The third kappa shape index (κ3) is 5.62. The van der Waals surface area contributed by atoms with Gasteiger partial charge in [-0.2, -0.15) is 0 Å². The van der Waals surface area contributed by atoms with E-state index in [9.17, 15) is 18.4 Å². The van der Waals surface area contributed by atoms with Crippen molar-refractivity contribution in [2.75, 3.05) is 14.1 Å². The lowest BCUT2D eigenvalue weighted by Crippen LogP contribution is -2.37. The van der Waals surface area contributed by atoms with Crippen LogP contribution >= 0.6 is 11.6 Å². The second kappa shape index (κ2) is 10.0. The molecule has 0 aliphatic carbocycles. The van der Waals surface area contributed by atoms with Crippen molar-refractivity contribution >= 4 is 33.1 Å². The predicted octanol–water partition coefficient (Wildman–Crippen LogP) is 2.96. The number of halogens is 3. The number of carbonyl (C=O) groups is 1. The van der Waals surface area contributed by atoms with E-state index in [0.717, 1.165) is 6.20 Å². The molecule has 0 aromatic carbocycles. The van der Waals surface area contributed by atoms with Gasteiger partial charge in [0.25, 0.3) is 5.56 Å². The summed E-state index contributed by atoms with van der Waals surface area (Å²) < 4.78 is 34.1. The van der Waals surface area contributed by atoms with E-state index in [2.05, 4.69) is 9.97 Å². The number of allylic oxidation sites excluding steroid dienone is 1. The second-order valence-corrected chi connectivity index (χ2v) is 8.36. The van der Waals surface area contributed by atoms with Gasteiger partial charge in [0.2, 0.25) is 5.78 Å². The van der Waals surface area contributed by atoms with Crippen molar-refractivity contribution in [2.24, 2.45) is 0 Å². The van der Waals surface area contributed by atoms with E-state index in [1.54, 1.807) is 39.0 Å². The molecule has 0 bridgehead atoms. The Labute approximate surface area is 208 Å². The molecule has 0 aliphatic heterocycles. The first-order valence-corrected chi connectivity index (χ1v) is 10.6. The molecular weight excluding hydrogens is 475 g/mol. The van der Waals surface area contributed by atoms with Crippen LogP contribution in [0.2, 0.25) is 5.02 Å². The van der Waals surface area contributed by atoms with Gasteiger partial charge in [0.15, 0.2) is 0 Å². The van der Waals surface area contributed by atoms with Crippen LogP contribution in [0.4, 0.5) is 8.78 Å². The molecule has 12 heteroatoms. The zero-order valence-electron chi connectivity index (χ0n) is 19.3. The van der Waals surface area contributed by atoms with E-state index in [-0.39, 0.29) is 17.2 Å². The highest BCUT2D eigenvalue weighted by atomic mass is 35.5. The molecule has 0 saturated carbocycles. The number of nitrogens with zero attached hydrogens (tertiary/aromatic N) is 4. The van der Waals surface area contributed by atoms with Gasteiger partial charge in [-0.3, -0.25) is 24.1 Å². The summed E-state index contributed by atoms with van der Waals surface area (Å²) in [5.41, 5.74) is 0.131. The van der Waals surface area contributed by atoms with Crippen LogP contribution in [0.3, 0.4) is 0 Å². The number of hydrogen-bond donors (Lipinski definition) is 0. The summed E-state index contributed by atoms with van der Waals surface area (Å²) in [5, 5.41) is -2.77. The molecule has 0 atom stereocenters. The molecule has 7 nitrogen and oxygen atoms in total. The van der Waals surface area contributed by atoms with Gasteiger partial charge in [0.1, 0.15) is 49.5 Å². The minimum Gasteiger partial charge on any atom is -0.499 e. The zero-order chi connectivity index (χ0) is 26.1. The van der Waals surface area contributed by atoms with Crippen molar-refractivity contribution in [1.82, 2.24) is 19.4 Å². The third-order valence-electron chi connectivity index (χ3n) is 4.85. The number of hydrogen-bond acceptors (Lipinski definition) is 6. The Bertz CT molecular complexity index is 1390. The SMILES string of the molecule is [B]C([B])(Oc1cc(C)n(-c2cc(C(=O)/C=C/N(C)C)ncc2C)c(=O)c1Cl)c1ncc(F)cc1F. The Balaban J connectivity index is 2.05. The van der Waals surface area contributed by atoms with Crippen LogP contribution in [-0.4, -0.2) is 55.0 Å². The summed E-state index contributed by atoms with van der Waals surface area (Å²) in [6.07, 6.45) is 5.12. The first kappa shape index (κ1) is 26.1. The average Bonchev–Trinajstić information content (AvgIpc) is 2.76. The summed E-state index contributed by atoms with van der Waals surface area (Å²) in [7, 11) is 15.3. The summed E-state index contributed by atoms with van der Waals surface area (Å²) >= 11 is 6.28. The lowest BCUT2D eigenvalue weighted by molar-refractivity contribution is 0.104. The van der Waals surface area contributed by atoms with E-state index < -0.39 is 33.3 Å². The zero-order valence-corrected chi connectivity index (χ0v) is 20.1. The molecular formula is C23H19B2ClF2N4O3. The number of pyridine rings is 3. The Hall–Kier alpha value is -3.46. The summed E-state index contributed by atoms with van der Waals surface area (Å²) in [6, 6.07) is 3.38. The number of rotatable bonds is 7. The lowest BCUT2D eigenvalue weighted by Gasteiger charge is -2.28. The van der Waals surface area contributed by atoms with Crippen LogP contribution < -0.4 is 10.3 Å². The molecule has 0 spiro atoms. The monoisotopic (exact) mass is 494 g/mol. The minimum absolute atomic E-state index is 0.118. The molecule has 0 amide bonds. The van der Waals surface area contributed by atoms with Crippen LogP contribution in [0.5, 0.6) is 5.75 Å². The molecule has 0 fully saturated rings. The largest absolute Gasteiger partial charge is 0.499 e. The lowest BCUT2D eigenvalue weighted by atomic mass is 9.62. The molecule has 0 unspecified atom stereocenters. The van der Waals surface area contributed by atoms with Crippen LogP contribution in [-0.2, 0) is 5.40 Å². The third-order valence-corrected chi connectivity index (χ3v) is 5.20. The number of aromatic nitrogens is 3. The predicted molar refractivity (Wildman–Crippen MR) is 129 cm³/mol. The molecule has 35 heavy (non-hydrogen) atoms. The molecule has 0 aliphatic rings. The Morgan fingerprint density at radius 1 is 1.17 bits per heavy atom. The van der Waals surface area contributed by atoms with Crippen LogP contribution in [0.15, 0.2) is 47.7 Å². The highest BCUT2D eigenvalue weighted by Crippen LogP contribution is 2.30. The van der Waals surface area contributed by atoms with Crippen molar-refractivity contribution < 1.29 is 18.3 Å². The summed E-state index contributed by atoms with van der Waals surface area (Å²) in [5.74, 6) is -2.66. The fraction of sp³-hybridized carbons (Fsp3) is 0.217. The normalized spacial score (nSPS) is 11.6. The maximum absolute atomic E-state index is 14.2. The highest BCUT2D eigenvalue weighted by molar-refractivity contribution is 6.39. The van der Waals surface area contributed by atoms with E-state index in [0.29, 0.717) is 23.0 Å². The van der Waals surface area contributed by atoms with Crippen molar-refractivity contribution in [3.63, 3.8) is 0 Å². The second-order valence-electron chi connectivity index (χ2n) is 7.98. The van der Waals surface area contributed by atoms with E-state index in [1.165, 1.54) is 29.0 Å². The van der Waals surface area contributed by atoms with Crippen molar-refractivity contribution in [1.29, 1.82) is 0 Å². The van der Waals surface area contributed by atoms with Crippen LogP contribution in [0.25, 0.3) is 5.69 Å². The first-order chi connectivity index (χ1) is 16.3. The smallest absolute Gasteiger partial charge is 0.277 e. The van der Waals surface area contributed by atoms with Crippen molar-refractivity contribution in [3.05, 3.63) is 92.5 Å². The van der Waals surface area contributed by atoms with Gasteiger partial charge in [-0.05, 0) is 25.5 Å². The van der Waals surface area contributed by atoms with Crippen molar-refractivity contribution in [3.8, 4) is 11.4 Å². The molecule has 3 aromatic rings. The van der Waals surface area contributed by atoms with Crippen LogP contribution in [0, 0.1) is 25.5 Å². The molecule has 3 rings (SSSR count). The van der Waals surface area contributed by atoms with Gasteiger partial charge >= 0.3 is 0 Å². The number of aryl methyl sites for hydroxylation is 2. The standard InChI is InChI=1S/C23H19B2ClF2N4O3/c1-12-10-29-16(18(33)5-6-31(3)4)9-17(12)32-13(2)7-19(20(26)22(32)34)35-23(24,25)21-15(28)8-14(27)11-30-21/h5-11H,1-4H3/b6-5+. The molecule has 176 valence electrons. The first-order valence-electron chi connectivity index (χ1n) is 10.2. The number of carbonyl (C=O) groups excluding carboxylic acids is 1. The fourth-order valence-electron chi connectivity index (χ4n) is 3.18. The molecule has 0 saturated heterocycles. The van der Waals surface area contributed by atoms with Gasteiger partial charge in [-0.1, -0.05) is 11.6 Å². The number of ether oxygens (including phenoxy) is 1. The Morgan fingerprint density at radius 2 is 1.86 bits per heavy atom. The maximum atomic E-state index is 14.2. The van der Waals surface area contributed by atoms with Gasteiger partial charge in [0.05, 0.1) is 17.3 Å². The molecule has 3 heterocycles. The number of ketones is 1. The van der Waals surface area contributed by atoms with Gasteiger partial charge in [-0.15, -0.1) is 0 Å².